The smallest absolute Gasteiger partial charge is 0.274 e. The van der Waals surface area contributed by atoms with Gasteiger partial charge in [0.1, 0.15) is 11.9 Å². The molecule has 4 rings (SSSR count). The molecule has 1 aliphatic carbocycles. The van der Waals surface area contributed by atoms with Crippen LogP contribution in [0.2, 0.25) is 0 Å². The highest BCUT2D eigenvalue weighted by Crippen LogP contribution is 2.22. The lowest BCUT2D eigenvalue weighted by atomic mass is 9.95. The maximum atomic E-state index is 12.9. The summed E-state index contributed by atoms with van der Waals surface area (Å²) in [5, 5.41) is 30.1. The largest absolute Gasteiger partial charge is 0.383 e. The van der Waals surface area contributed by atoms with Gasteiger partial charge in [0.05, 0.1) is 18.1 Å². The average Bonchev–Trinajstić information content (AvgIpc) is 3.33. The first-order valence-corrected chi connectivity index (χ1v) is 10.8. The van der Waals surface area contributed by atoms with E-state index < -0.39 is 0 Å². The zero-order valence-electron chi connectivity index (χ0n) is 17.4. The summed E-state index contributed by atoms with van der Waals surface area (Å²) in [7, 11) is 0. The molecule has 4 N–H and O–H groups in total. The lowest BCUT2D eigenvalue weighted by Gasteiger charge is -2.23. The Labute approximate surface area is 181 Å². The Hall–Kier alpha value is -3.32. The standard InChI is InChI=1S/C21H27N9O/c22-9-16-12-26-19(13-24-16)28-18-8-17(25-11-14-6-7-23-10-14)20(30-29-18)21(31)27-15-4-2-1-3-5-15/h8,12-15,23H,1-7,10-11H2,(H,27,31)(H2,25,26,28,29). The van der Waals surface area contributed by atoms with E-state index in [4.69, 9.17) is 5.26 Å². The fourth-order valence-corrected chi connectivity index (χ4v) is 3.98. The Morgan fingerprint density at radius 1 is 1.13 bits per heavy atom. The SMILES string of the molecule is N#Cc1cnc(Nc2cc(NCC3CCNC3)c(C(=O)NC3CCCCC3)nn2)cn1. The van der Waals surface area contributed by atoms with Crippen LogP contribution in [-0.2, 0) is 0 Å². The summed E-state index contributed by atoms with van der Waals surface area (Å²) >= 11 is 0. The normalized spacial score (nSPS) is 18.9. The number of hydrogen-bond donors (Lipinski definition) is 4. The van der Waals surface area contributed by atoms with E-state index in [-0.39, 0.29) is 17.6 Å². The van der Waals surface area contributed by atoms with Crippen molar-refractivity contribution in [1.82, 2.24) is 30.8 Å². The third-order valence-electron chi connectivity index (χ3n) is 5.72. The predicted octanol–water partition coefficient (Wildman–Crippen LogP) is 1.97. The van der Waals surface area contributed by atoms with Crippen molar-refractivity contribution in [2.75, 3.05) is 30.3 Å². The molecule has 0 radical (unpaired) electrons. The van der Waals surface area contributed by atoms with Gasteiger partial charge in [-0.15, -0.1) is 10.2 Å². The van der Waals surface area contributed by atoms with Crippen LogP contribution in [0.3, 0.4) is 0 Å². The van der Waals surface area contributed by atoms with Gasteiger partial charge in [0.25, 0.3) is 5.91 Å². The van der Waals surface area contributed by atoms with Gasteiger partial charge in [-0.2, -0.15) is 5.26 Å². The summed E-state index contributed by atoms with van der Waals surface area (Å²) in [4.78, 5) is 21.1. The molecule has 10 heteroatoms. The fourth-order valence-electron chi connectivity index (χ4n) is 3.98. The molecule has 1 saturated carbocycles. The molecule has 2 fully saturated rings. The van der Waals surface area contributed by atoms with Crippen LogP contribution in [0.4, 0.5) is 17.3 Å². The summed E-state index contributed by atoms with van der Waals surface area (Å²) in [5.41, 5.74) is 1.17. The number of aromatic nitrogens is 4. The quantitative estimate of drug-likeness (QED) is 0.528. The van der Waals surface area contributed by atoms with Crippen molar-refractivity contribution in [3.63, 3.8) is 0 Å². The van der Waals surface area contributed by atoms with E-state index in [1.165, 1.54) is 18.8 Å². The number of nitrogens with one attached hydrogen (secondary N) is 4. The Bertz CT molecular complexity index is 929. The first-order valence-electron chi connectivity index (χ1n) is 10.8. The summed E-state index contributed by atoms with van der Waals surface area (Å²) in [5.74, 6) is 1.19. The molecule has 1 aliphatic heterocycles. The molecule has 1 atom stereocenters. The molecule has 2 aromatic rings. The lowest BCUT2D eigenvalue weighted by molar-refractivity contribution is 0.0922. The molecule has 0 aromatic carbocycles. The molecule has 1 unspecified atom stereocenters. The van der Waals surface area contributed by atoms with Crippen LogP contribution in [-0.4, -0.2) is 51.7 Å². The second-order valence-corrected chi connectivity index (χ2v) is 8.06. The van der Waals surface area contributed by atoms with Crippen molar-refractivity contribution in [2.24, 2.45) is 5.92 Å². The van der Waals surface area contributed by atoms with E-state index in [2.05, 4.69) is 41.4 Å². The Morgan fingerprint density at radius 3 is 2.71 bits per heavy atom. The zero-order valence-corrected chi connectivity index (χ0v) is 17.4. The number of nitriles is 1. The second kappa shape index (κ2) is 10.1. The Balaban J connectivity index is 1.50. The van der Waals surface area contributed by atoms with Crippen molar-refractivity contribution in [3.8, 4) is 6.07 Å². The summed E-state index contributed by atoms with van der Waals surface area (Å²) < 4.78 is 0. The first-order chi connectivity index (χ1) is 15.2. The Morgan fingerprint density at radius 2 is 2.00 bits per heavy atom. The minimum Gasteiger partial charge on any atom is -0.383 e. The van der Waals surface area contributed by atoms with Gasteiger partial charge in [0.15, 0.2) is 17.2 Å². The number of carbonyl (C=O) groups excluding carboxylic acids is 1. The summed E-state index contributed by atoms with van der Waals surface area (Å²) in [6, 6.07) is 3.90. The number of rotatable bonds is 7. The number of carbonyl (C=O) groups is 1. The van der Waals surface area contributed by atoms with Crippen LogP contribution in [0.5, 0.6) is 0 Å². The Kier molecular flexibility index (Phi) is 6.84. The van der Waals surface area contributed by atoms with Gasteiger partial charge in [-0.05, 0) is 38.3 Å². The third kappa shape index (κ3) is 5.64. The third-order valence-corrected chi connectivity index (χ3v) is 5.72. The average molecular weight is 422 g/mol. The molecule has 1 amide bonds. The van der Waals surface area contributed by atoms with E-state index in [0.29, 0.717) is 28.9 Å². The number of hydrogen-bond acceptors (Lipinski definition) is 9. The molecule has 0 bridgehead atoms. The van der Waals surface area contributed by atoms with Crippen LogP contribution < -0.4 is 21.3 Å². The van der Waals surface area contributed by atoms with E-state index in [0.717, 1.165) is 51.7 Å². The molecule has 2 aromatic heterocycles. The molecular weight excluding hydrogens is 394 g/mol. The first kappa shape index (κ1) is 20.9. The molecule has 10 nitrogen and oxygen atoms in total. The molecule has 162 valence electrons. The van der Waals surface area contributed by atoms with Gasteiger partial charge in [-0.25, -0.2) is 9.97 Å². The van der Waals surface area contributed by atoms with E-state index >= 15 is 0 Å². The minimum absolute atomic E-state index is 0.196. The topological polar surface area (TPSA) is 141 Å². The van der Waals surface area contributed by atoms with Gasteiger partial charge in [-0.1, -0.05) is 19.3 Å². The van der Waals surface area contributed by atoms with Crippen molar-refractivity contribution in [1.29, 1.82) is 5.26 Å². The molecule has 31 heavy (non-hydrogen) atoms. The van der Waals surface area contributed by atoms with Gasteiger partial charge >= 0.3 is 0 Å². The zero-order chi connectivity index (χ0) is 21.5. The molecule has 2 aliphatic rings. The van der Waals surface area contributed by atoms with Gasteiger partial charge in [0.2, 0.25) is 0 Å². The van der Waals surface area contributed by atoms with Crippen LogP contribution in [0, 0.1) is 17.2 Å². The number of anilines is 3. The monoisotopic (exact) mass is 421 g/mol. The second-order valence-electron chi connectivity index (χ2n) is 8.06. The number of nitrogens with zero attached hydrogens (tertiary/aromatic N) is 5. The van der Waals surface area contributed by atoms with Crippen LogP contribution in [0.1, 0.15) is 54.7 Å². The highest BCUT2D eigenvalue weighted by atomic mass is 16.2. The number of amides is 1. The highest BCUT2D eigenvalue weighted by Gasteiger charge is 2.22. The molecule has 3 heterocycles. The highest BCUT2D eigenvalue weighted by molar-refractivity contribution is 5.98. The predicted molar refractivity (Wildman–Crippen MR) is 116 cm³/mol. The van der Waals surface area contributed by atoms with Crippen LogP contribution in [0.15, 0.2) is 18.5 Å². The fraction of sp³-hybridized carbons (Fsp3) is 0.524. The van der Waals surface area contributed by atoms with E-state index in [1.54, 1.807) is 6.07 Å². The molecular formula is C21H27N9O. The van der Waals surface area contributed by atoms with Crippen molar-refractivity contribution >= 4 is 23.2 Å². The van der Waals surface area contributed by atoms with Crippen molar-refractivity contribution in [3.05, 3.63) is 29.8 Å². The molecule has 0 spiro atoms. The van der Waals surface area contributed by atoms with Gasteiger partial charge < -0.3 is 21.3 Å². The van der Waals surface area contributed by atoms with Crippen molar-refractivity contribution in [2.45, 2.75) is 44.6 Å². The van der Waals surface area contributed by atoms with E-state index in [1.807, 2.05) is 6.07 Å². The summed E-state index contributed by atoms with van der Waals surface area (Å²) in [6.45, 7) is 2.72. The maximum Gasteiger partial charge on any atom is 0.274 e. The van der Waals surface area contributed by atoms with Crippen LogP contribution in [0.25, 0.3) is 0 Å². The van der Waals surface area contributed by atoms with E-state index in [9.17, 15) is 4.79 Å². The van der Waals surface area contributed by atoms with Gasteiger partial charge in [0, 0.05) is 18.7 Å². The lowest BCUT2D eigenvalue weighted by Crippen LogP contribution is -2.37. The summed E-state index contributed by atoms with van der Waals surface area (Å²) in [6.07, 6.45) is 9.47. The van der Waals surface area contributed by atoms with Gasteiger partial charge in [-0.3, -0.25) is 4.79 Å². The van der Waals surface area contributed by atoms with Crippen LogP contribution >= 0.6 is 0 Å². The van der Waals surface area contributed by atoms with Crippen molar-refractivity contribution < 1.29 is 4.79 Å². The molecule has 1 saturated heterocycles. The maximum absolute atomic E-state index is 12.9. The minimum atomic E-state index is -0.198.